The van der Waals surface area contributed by atoms with Gasteiger partial charge in [-0.1, -0.05) is 60.7 Å². The van der Waals surface area contributed by atoms with Crippen LogP contribution in [0.25, 0.3) is 0 Å². The maximum Gasteiger partial charge on any atom is 0.325 e. The summed E-state index contributed by atoms with van der Waals surface area (Å²) in [6.45, 7) is 0.0179. The number of hydrogen-bond acceptors (Lipinski definition) is 3. The number of β-lactam (4-membered cyclic amide) rings is 1. The first-order valence-corrected chi connectivity index (χ1v) is 8.67. The number of hydrogen-bond donors (Lipinski definition) is 0. The molecule has 0 N–H and O–H groups in total. The Morgan fingerprint density at radius 3 is 2.32 bits per heavy atom. The Kier molecular flexibility index (Phi) is 5.49. The third kappa shape index (κ3) is 3.90. The van der Waals surface area contributed by atoms with Crippen molar-refractivity contribution >= 4 is 11.9 Å². The highest BCUT2D eigenvalue weighted by Crippen LogP contribution is 2.42. The quantitative estimate of drug-likeness (QED) is 0.575. The van der Waals surface area contributed by atoms with Crippen molar-refractivity contribution in [3.63, 3.8) is 0 Å². The third-order valence-electron chi connectivity index (χ3n) is 4.81. The number of nitrogens with zero attached hydrogens (tertiary/aromatic N) is 1. The van der Waals surface area contributed by atoms with Crippen molar-refractivity contribution in [3.8, 4) is 0 Å². The average Bonchev–Trinajstić information content (AvgIpc) is 2.67. The standard InChI is InChI=1S/C21H23NO3/c1-25-19(23)15-22-20(17-12-6-3-7-13-17)18(21(22)24)14-8-11-16-9-4-2-5-10-16/h2-7,9-10,12-13,18,20H,8,11,14-15H2,1H3/t18-,20-/m0/s1. The van der Waals surface area contributed by atoms with Gasteiger partial charge in [0.25, 0.3) is 0 Å². The second kappa shape index (κ2) is 7.97. The van der Waals surface area contributed by atoms with Gasteiger partial charge < -0.3 is 9.64 Å². The molecule has 4 nitrogen and oxygen atoms in total. The Morgan fingerprint density at radius 2 is 1.68 bits per heavy atom. The molecule has 2 aromatic rings. The number of carbonyl (C=O) groups excluding carboxylic acids is 2. The molecular formula is C21H23NO3. The van der Waals surface area contributed by atoms with Gasteiger partial charge in [0, 0.05) is 0 Å². The minimum absolute atomic E-state index is 0.0179. The van der Waals surface area contributed by atoms with Gasteiger partial charge in [0.1, 0.15) is 6.54 Å². The van der Waals surface area contributed by atoms with Gasteiger partial charge in [-0.25, -0.2) is 0 Å². The Morgan fingerprint density at radius 1 is 1.04 bits per heavy atom. The summed E-state index contributed by atoms with van der Waals surface area (Å²) in [6, 6.07) is 20.2. The van der Waals surface area contributed by atoms with Gasteiger partial charge in [0.2, 0.25) is 5.91 Å². The zero-order valence-corrected chi connectivity index (χ0v) is 14.4. The molecule has 1 aliphatic rings. The third-order valence-corrected chi connectivity index (χ3v) is 4.81. The van der Waals surface area contributed by atoms with Gasteiger partial charge in [-0.3, -0.25) is 9.59 Å². The van der Waals surface area contributed by atoms with Crippen molar-refractivity contribution in [1.29, 1.82) is 0 Å². The van der Waals surface area contributed by atoms with Gasteiger partial charge in [0.15, 0.2) is 0 Å². The predicted octanol–water partition coefficient (Wildman–Crippen LogP) is 3.38. The van der Waals surface area contributed by atoms with Crippen LogP contribution in [0.2, 0.25) is 0 Å². The molecule has 1 saturated heterocycles. The Hall–Kier alpha value is -2.62. The van der Waals surface area contributed by atoms with Crippen LogP contribution in [0.4, 0.5) is 0 Å². The zero-order valence-electron chi connectivity index (χ0n) is 14.4. The molecule has 0 radical (unpaired) electrons. The van der Waals surface area contributed by atoms with Crippen molar-refractivity contribution in [1.82, 2.24) is 4.90 Å². The van der Waals surface area contributed by atoms with Crippen molar-refractivity contribution in [2.24, 2.45) is 5.92 Å². The predicted molar refractivity (Wildman–Crippen MR) is 95.8 cm³/mol. The monoisotopic (exact) mass is 337 g/mol. The summed E-state index contributed by atoms with van der Waals surface area (Å²) in [7, 11) is 1.35. The number of likely N-dealkylation sites (tertiary alicyclic amines) is 1. The molecule has 130 valence electrons. The van der Waals surface area contributed by atoms with Crippen LogP contribution >= 0.6 is 0 Å². The highest BCUT2D eigenvalue weighted by Gasteiger charge is 2.47. The van der Waals surface area contributed by atoms with E-state index in [1.54, 1.807) is 4.90 Å². The number of carbonyl (C=O) groups is 2. The van der Waals surface area contributed by atoms with E-state index in [1.165, 1.54) is 12.7 Å². The molecule has 0 spiro atoms. The van der Waals surface area contributed by atoms with Gasteiger partial charge in [0.05, 0.1) is 19.1 Å². The first-order valence-electron chi connectivity index (χ1n) is 8.67. The molecule has 2 atom stereocenters. The zero-order chi connectivity index (χ0) is 17.6. The molecule has 1 heterocycles. The van der Waals surface area contributed by atoms with Crippen LogP contribution in [0.3, 0.4) is 0 Å². The van der Waals surface area contributed by atoms with Crippen LogP contribution in [0.1, 0.15) is 30.0 Å². The highest BCUT2D eigenvalue weighted by atomic mass is 16.5. The van der Waals surface area contributed by atoms with E-state index in [9.17, 15) is 9.59 Å². The van der Waals surface area contributed by atoms with Crippen LogP contribution in [-0.4, -0.2) is 30.4 Å². The smallest absolute Gasteiger partial charge is 0.325 e. The lowest BCUT2D eigenvalue weighted by Crippen LogP contribution is -2.56. The maximum absolute atomic E-state index is 12.6. The summed E-state index contributed by atoms with van der Waals surface area (Å²) < 4.78 is 4.73. The normalized spacial score (nSPS) is 19.4. The molecule has 0 bridgehead atoms. The summed E-state index contributed by atoms with van der Waals surface area (Å²) >= 11 is 0. The number of methoxy groups -OCH3 is 1. The van der Waals surface area contributed by atoms with Crippen LogP contribution < -0.4 is 0 Å². The van der Waals surface area contributed by atoms with Crippen molar-refractivity contribution in [2.75, 3.05) is 13.7 Å². The molecule has 2 aromatic carbocycles. The summed E-state index contributed by atoms with van der Waals surface area (Å²) in [6.07, 6.45) is 2.74. The van der Waals surface area contributed by atoms with Gasteiger partial charge in [-0.2, -0.15) is 0 Å². The first-order chi connectivity index (χ1) is 12.2. The number of amides is 1. The second-order valence-electron chi connectivity index (χ2n) is 6.38. The molecule has 0 aliphatic carbocycles. The lowest BCUT2D eigenvalue weighted by atomic mass is 9.79. The average molecular weight is 337 g/mol. The van der Waals surface area contributed by atoms with E-state index in [1.807, 2.05) is 48.5 Å². The summed E-state index contributed by atoms with van der Waals surface area (Å²) in [5.41, 5.74) is 2.37. The lowest BCUT2D eigenvalue weighted by Gasteiger charge is -2.47. The maximum atomic E-state index is 12.6. The van der Waals surface area contributed by atoms with E-state index in [4.69, 9.17) is 4.74 Å². The molecule has 3 rings (SSSR count). The molecule has 0 saturated carbocycles. The summed E-state index contributed by atoms with van der Waals surface area (Å²) in [4.78, 5) is 25.8. The molecule has 1 aliphatic heterocycles. The molecule has 0 unspecified atom stereocenters. The summed E-state index contributed by atoms with van der Waals surface area (Å²) in [5.74, 6) is -0.389. The van der Waals surface area contributed by atoms with Crippen LogP contribution in [0.5, 0.6) is 0 Å². The van der Waals surface area contributed by atoms with Crippen molar-refractivity contribution in [2.45, 2.75) is 25.3 Å². The van der Waals surface area contributed by atoms with E-state index in [0.717, 1.165) is 24.8 Å². The molecule has 25 heavy (non-hydrogen) atoms. The van der Waals surface area contributed by atoms with Crippen LogP contribution in [0.15, 0.2) is 60.7 Å². The van der Waals surface area contributed by atoms with Crippen molar-refractivity contribution < 1.29 is 14.3 Å². The second-order valence-corrected chi connectivity index (χ2v) is 6.38. The Balaban J connectivity index is 1.67. The molecular weight excluding hydrogens is 314 g/mol. The largest absolute Gasteiger partial charge is 0.468 e. The van der Waals surface area contributed by atoms with Crippen LogP contribution in [-0.2, 0) is 20.7 Å². The van der Waals surface area contributed by atoms with E-state index >= 15 is 0 Å². The van der Waals surface area contributed by atoms with E-state index in [-0.39, 0.29) is 30.4 Å². The Labute approximate surface area is 148 Å². The number of aryl methyl sites for hydroxylation is 1. The van der Waals surface area contributed by atoms with Crippen LogP contribution in [0, 0.1) is 5.92 Å². The van der Waals surface area contributed by atoms with E-state index < -0.39 is 0 Å². The van der Waals surface area contributed by atoms with E-state index in [0.29, 0.717) is 0 Å². The van der Waals surface area contributed by atoms with Crippen molar-refractivity contribution in [3.05, 3.63) is 71.8 Å². The first kappa shape index (κ1) is 17.2. The minimum Gasteiger partial charge on any atom is -0.468 e. The molecule has 0 aromatic heterocycles. The van der Waals surface area contributed by atoms with Gasteiger partial charge in [-0.15, -0.1) is 0 Å². The van der Waals surface area contributed by atoms with E-state index in [2.05, 4.69) is 12.1 Å². The fraction of sp³-hybridized carbons (Fsp3) is 0.333. The summed E-state index contributed by atoms with van der Waals surface area (Å²) in [5, 5.41) is 0. The SMILES string of the molecule is COC(=O)CN1C(=O)[C@@H](CCCc2ccccc2)[C@@H]1c1ccccc1. The molecule has 4 heteroatoms. The lowest BCUT2D eigenvalue weighted by molar-refractivity contribution is -0.165. The minimum atomic E-state index is -0.378. The highest BCUT2D eigenvalue weighted by molar-refractivity contribution is 5.90. The van der Waals surface area contributed by atoms with Gasteiger partial charge >= 0.3 is 5.97 Å². The topological polar surface area (TPSA) is 46.6 Å². The molecule has 1 fully saturated rings. The number of esters is 1. The number of ether oxygens (including phenoxy) is 1. The molecule has 1 amide bonds. The fourth-order valence-electron chi connectivity index (χ4n) is 3.51. The van der Waals surface area contributed by atoms with Gasteiger partial charge in [-0.05, 0) is 30.4 Å². The number of benzene rings is 2. The number of rotatable bonds is 7. The Bertz CT molecular complexity index is 714. The fourth-order valence-corrected chi connectivity index (χ4v) is 3.51.